The number of rotatable bonds is 4. The third-order valence-electron chi connectivity index (χ3n) is 3.76. The van der Waals surface area contributed by atoms with Gasteiger partial charge in [0.15, 0.2) is 0 Å². The van der Waals surface area contributed by atoms with E-state index in [2.05, 4.69) is 16.4 Å². The van der Waals surface area contributed by atoms with E-state index in [1.807, 2.05) is 26.0 Å². The molecule has 1 unspecified atom stereocenters. The summed E-state index contributed by atoms with van der Waals surface area (Å²) in [6.45, 7) is 4.00. The molecule has 24 heavy (non-hydrogen) atoms. The van der Waals surface area contributed by atoms with E-state index in [1.54, 1.807) is 18.3 Å². The van der Waals surface area contributed by atoms with Crippen molar-refractivity contribution in [3.05, 3.63) is 70.0 Å². The summed E-state index contributed by atoms with van der Waals surface area (Å²) in [4.78, 5) is 0. The predicted octanol–water partition coefficient (Wildman–Crippen LogP) is 3.52. The van der Waals surface area contributed by atoms with Gasteiger partial charge in [0.1, 0.15) is 11.4 Å². The summed E-state index contributed by atoms with van der Waals surface area (Å²) in [5.41, 5.74) is 4.14. The number of nitrogens with zero attached hydrogens (tertiary/aromatic N) is 3. The monoisotopic (exact) mass is 343 g/mol. The van der Waals surface area contributed by atoms with Crippen molar-refractivity contribution < 1.29 is 10.2 Å². The third-order valence-corrected chi connectivity index (χ3v) is 3.99. The van der Waals surface area contributed by atoms with Crippen molar-refractivity contribution in [1.29, 1.82) is 0 Å². The van der Waals surface area contributed by atoms with Crippen LogP contribution in [0.1, 0.15) is 28.5 Å². The number of hydrogen-bond acceptors (Lipinski definition) is 4. The number of aromatic nitrogens is 3. The fourth-order valence-electron chi connectivity index (χ4n) is 2.71. The number of phenolic OH excluding ortho intramolecular Hbond substituents is 1. The number of halogens is 1. The molecule has 0 aliphatic rings. The molecule has 0 bridgehead atoms. The molecule has 0 aliphatic carbocycles. The van der Waals surface area contributed by atoms with Crippen LogP contribution in [0.2, 0.25) is 5.02 Å². The molecule has 5 nitrogen and oxygen atoms in total. The fraction of sp³-hybridized carbons (Fsp3) is 0.222. The number of aliphatic hydroxyl groups excluding tert-OH is 1. The topological polar surface area (TPSA) is 71.2 Å². The Hall–Kier alpha value is -2.37. The molecule has 2 aromatic carbocycles. The van der Waals surface area contributed by atoms with Crippen molar-refractivity contribution in [2.75, 3.05) is 0 Å². The summed E-state index contributed by atoms with van der Waals surface area (Å²) >= 11 is 5.95. The molecule has 6 heteroatoms. The van der Waals surface area contributed by atoms with Gasteiger partial charge in [-0.3, -0.25) is 0 Å². The first-order valence-electron chi connectivity index (χ1n) is 7.59. The largest absolute Gasteiger partial charge is 0.506 e. The van der Waals surface area contributed by atoms with Crippen molar-refractivity contribution >= 4 is 11.6 Å². The summed E-state index contributed by atoms with van der Waals surface area (Å²) in [5.74, 6) is 0.0608. The van der Waals surface area contributed by atoms with E-state index < -0.39 is 6.10 Å². The van der Waals surface area contributed by atoms with Gasteiger partial charge in [0.05, 0.1) is 18.0 Å². The lowest BCUT2D eigenvalue weighted by Gasteiger charge is -2.11. The summed E-state index contributed by atoms with van der Waals surface area (Å²) in [6, 6.07) is 10.7. The van der Waals surface area contributed by atoms with Gasteiger partial charge >= 0.3 is 0 Å². The Morgan fingerprint density at radius 3 is 2.54 bits per heavy atom. The molecule has 0 spiro atoms. The number of aryl methyl sites for hydroxylation is 2. The van der Waals surface area contributed by atoms with E-state index in [0.29, 0.717) is 22.8 Å². The van der Waals surface area contributed by atoms with Crippen LogP contribution >= 0.6 is 11.6 Å². The van der Waals surface area contributed by atoms with Crippen LogP contribution in [0.4, 0.5) is 0 Å². The van der Waals surface area contributed by atoms with Crippen LogP contribution in [-0.4, -0.2) is 25.2 Å². The van der Waals surface area contributed by atoms with Crippen LogP contribution in [0.15, 0.2) is 42.6 Å². The zero-order valence-electron chi connectivity index (χ0n) is 13.4. The summed E-state index contributed by atoms with van der Waals surface area (Å²) in [6.07, 6.45) is 1.35. The molecule has 1 aromatic heterocycles. The van der Waals surface area contributed by atoms with Gasteiger partial charge in [-0.25, -0.2) is 4.68 Å². The molecule has 0 amide bonds. The van der Waals surface area contributed by atoms with E-state index >= 15 is 0 Å². The minimum absolute atomic E-state index is 0.0608. The smallest absolute Gasteiger partial charge is 0.141 e. The van der Waals surface area contributed by atoms with Crippen molar-refractivity contribution in [2.45, 2.75) is 26.4 Å². The van der Waals surface area contributed by atoms with Gasteiger partial charge < -0.3 is 10.2 Å². The molecular weight excluding hydrogens is 326 g/mol. The van der Waals surface area contributed by atoms with Gasteiger partial charge in [-0.1, -0.05) is 46.1 Å². The zero-order valence-corrected chi connectivity index (χ0v) is 14.2. The molecule has 3 aromatic rings. The minimum atomic E-state index is -0.665. The molecule has 0 saturated carbocycles. The van der Waals surface area contributed by atoms with Crippen LogP contribution in [-0.2, 0) is 6.42 Å². The van der Waals surface area contributed by atoms with E-state index in [9.17, 15) is 10.2 Å². The molecule has 1 atom stereocenters. The first-order valence-corrected chi connectivity index (χ1v) is 7.96. The number of hydrogen-bond donors (Lipinski definition) is 2. The molecule has 0 aliphatic heterocycles. The van der Waals surface area contributed by atoms with Gasteiger partial charge in [0, 0.05) is 11.4 Å². The molecule has 3 rings (SSSR count). The van der Waals surface area contributed by atoms with Crippen LogP contribution in [0.25, 0.3) is 5.69 Å². The average molecular weight is 344 g/mol. The lowest BCUT2D eigenvalue weighted by Crippen LogP contribution is -2.03. The maximum Gasteiger partial charge on any atom is 0.141 e. The Bertz CT molecular complexity index is 856. The Morgan fingerprint density at radius 2 is 1.83 bits per heavy atom. The van der Waals surface area contributed by atoms with Crippen molar-refractivity contribution in [3.8, 4) is 11.4 Å². The Balaban J connectivity index is 1.82. The third kappa shape index (κ3) is 3.58. The molecular formula is C18H18ClN3O2. The van der Waals surface area contributed by atoms with E-state index in [1.165, 1.54) is 10.7 Å². The fourth-order valence-corrected chi connectivity index (χ4v) is 2.87. The highest BCUT2D eigenvalue weighted by Crippen LogP contribution is 2.25. The van der Waals surface area contributed by atoms with Crippen LogP contribution in [0, 0.1) is 13.8 Å². The predicted molar refractivity (Wildman–Crippen MR) is 92.6 cm³/mol. The Morgan fingerprint density at radius 1 is 1.12 bits per heavy atom. The molecule has 0 fully saturated rings. The SMILES string of the molecule is Cc1cc(C)cc(C(O)Cc2cn(-c3cc(Cl)ccc3O)nn2)c1. The van der Waals surface area contributed by atoms with E-state index in [0.717, 1.165) is 16.7 Å². The first kappa shape index (κ1) is 16.5. The maximum atomic E-state index is 10.5. The number of benzene rings is 2. The van der Waals surface area contributed by atoms with Gasteiger partial charge in [-0.15, -0.1) is 5.10 Å². The second kappa shape index (κ2) is 6.63. The highest BCUT2D eigenvalue weighted by Gasteiger charge is 2.14. The quantitative estimate of drug-likeness (QED) is 0.760. The van der Waals surface area contributed by atoms with Crippen LogP contribution < -0.4 is 0 Å². The molecule has 1 heterocycles. The van der Waals surface area contributed by atoms with Gasteiger partial charge in [0.2, 0.25) is 0 Å². The summed E-state index contributed by atoms with van der Waals surface area (Å²) < 4.78 is 1.45. The second-order valence-electron chi connectivity index (χ2n) is 5.93. The van der Waals surface area contributed by atoms with Crippen molar-refractivity contribution in [1.82, 2.24) is 15.0 Å². The van der Waals surface area contributed by atoms with E-state index in [4.69, 9.17) is 11.6 Å². The first-order chi connectivity index (χ1) is 11.4. The Kier molecular flexibility index (Phi) is 4.55. The molecule has 0 saturated heterocycles. The van der Waals surface area contributed by atoms with Crippen molar-refractivity contribution in [3.63, 3.8) is 0 Å². The van der Waals surface area contributed by atoms with Gasteiger partial charge in [-0.2, -0.15) is 0 Å². The molecule has 0 radical (unpaired) electrons. The highest BCUT2D eigenvalue weighted by atomic mass is 35.5. The molecule has 2 N–H and O–H groups in total. The normalized spacial score (nSPS) is 12.3. The minimum Gasteiger partial charge on any atom is -0.506 e. The maximum absolute atomic E-state index is 10.5. The van der Waals surface area contributed by atoms with Gasteiger partial charge in [-0.05, 0) is 37.6 Å². The summed E-state index contributed by atoms with van der Waals surface area (Å²) in [5, 5.41) is 29.0. The number of aromatic hydroxyl groups is 1. The van der Waals surface area contributed by atoms with Gasteiger partial charge in [0.25, 0.3) is 0 Å². The van der Waals surface area contributed by atoms with Crippen LogP contribution in [0.3, 0.4) is 0 Å². The van der Waals surface area contributed by atoms with Crippen LogP contribution in [0.5, 0.6) is 5.75 Å². The van der Waals surface area contributed by atoms with E-state index in [-0.39, 0.29) is 5.75 Å². The summed E-state index contributed by atoms with van der Waals surface area (Å²) in [7, 11) is 0. The lowest BCUT2D eigenvalue weighted by atomic mass is 10.0. The molecule has 124 valence electrons. The highest BCUT2D eigenvalue weighted by molar-refractivity contribution is 6.30. The standard InChI is InChI=1S/C18H18ClN3O2/c1-11-5-12(2)7-13(6-11)18(24)9-15-10-22(21-20-15)16-8-14(19)3-4-17(16)23/h3-8,10,18,23-24H,9H2,1-2H3. The van der Waals surface area contributed by atoms with Crippen molar-refractivity contribution in [2.24, 2.45) is 0 Å². The second-order valence-corrected chi connectivity index (χ2v) is 6.36. The average Bonchev–Trinajstić information content (AvgIpc) is 2.97. The zero-order chi connectivity index (χ0) is 17.3. The number of phenols is 1. The number of aliphatic hydroxyl groups is 1. The lowest BCUT2D eigenvalue weighted by molar-refractivity contribution is 0.177. The Labute approximate surface area is 145 Å².